The van der Waals surface area contributed by atoms with E-state index in [2.05, 4.69) is 0 Å². The number of aliphatic carboxylic acids is 1. The average molecular weight is 203 g/mol. The Labute approximate surface area is 79.0 Å². The van der Waals surface area contributed by atoms with Crippen molar-refractivity contribution in [2.45, 2.75) is 6.10 Å². The van der Waals surface area contributed by atoms with Gasteiger partial charge >= 0.3 is 5.97 Å². The van der Waals surface area contributed by atoms with Crippen molar-refractivity contribution in [1.82, 2.24) is 0 Å². The number of carboxylic acids is 1. The molecule has 1 unspecified atom stereocenters. The number of hydrogen-bond acceptors (Lipinski definition) is 3. The highest BCUT2D eigenvalue weighted by atomic mass is 35.5. The normalized spacial score (nSPS) is 12.5. The van der Waals surface area contributed by atoms with E-state index in [0.717, 1.165) is 6.07 Å². The molecule has 0 aliphatic rings. The van der Waals surface area contributed by atoms with Gasteiger partial charge in [-0.2, -0.15) is 0 Å². The van der Waals surface area contributed by atoms with E-state index in [-0.39, 0.29) is 16.3 Å². The number of halogens is 1. The van der Waals surface area contributed by atoms with Crippen LogP contribution in [0.3, 0.4) is 0 Å². The molecule has 1 rings (SSSR count). The minimum absolute atomic E-state index is 0.0193. The lowest BCUT2D eigenvalue weighted by molar-refractivity contribution is -0.146. The van der Waals surface area contributed by atoms with Crippen LogP contribution in [0.4, 0.5) is 0 Å². The molecule has 0 radical (unpaired) electrons. The Morgan fingerprint density at radius 3 is 2.62 bits per heavy atom. The molecule has 1 atom stereocenters. The standard InChI is InChI=1S/C8H7ClO4/c9-6-2-1-4(10)3-5(6)7(11)8(12)13/h1-3,7,10-11H,(H,12,13). The first kappa shape index (κ1) is 9.83. The molecule has 0 heterocycles. The monoisotopic (exact) mass is 202 g/mol. The fourth-order valence-electron chi connectivity index (χ4n) is 0.874. The predicted octanol–water partition coefficient (Wildman–Crippen LogP) is 1.16. The summed E-state index contributed by atoms with van der Waals surface area (Å²) < 4.78 is 0. The van der Waals surface area contributed by atoms with Gasteiger partial charge in [0, 0.05) is 10.6 Å². The van der Waals surface area contributed by atoms with E-state index < -0.39 is 12.1 Å². The zero-order valence-corrected chi connectivity index (χ0v) is 7.19. The van der Waals surface area contributed by atoms with Crippen molar-refractivity contribution in [3.63, 3.8) is 0 Å². The summed E-state index contributed by atoms with van der Waals surface area (Å²) in [5, 5.41) is 26.7. The van der Waals surface area contributed by atoms with E-state index in [1.807, 2.05) is 0 Å². The molecular weight excluding hydrogens is 196 g/mol. The largest absolute Gasteiger partial charge is 0.508 e. The van der Waals surface area contributed by atoms with Crippen LogP contribution in [0.1, 0.15) is 11.7 Å². The highest BCUT2D eigenvalue weighted by Gasteiger charge is 2.19. The van der Waals surface area contributed by atoms with Gasteiger partial charge in [0.1, 0.15) is 5.75 Å². The number of carboxylic acid groups (broad SMARTS) is 1. The topological polar surface area (TPSA) is 77.8 Å². The van der Waals surface area contributed by atoms with Crippen molar-refractivity contribution in [3.05, 3.63) is 28.8 Å². The van der Waals surface area contributed by atoms with Crippen molar-refractivity contribution in [3.8, 4) is 5.75 Å². The van der Waals surface area contributed by atoms with Crippen LogP contribution in [0.25, 0.3) is 0 Å². The summed E-state index contributed by atoms with van der Waals surface area (Å²) in [7, 11) is 0. The van der Waals surface area contributed by atoms with E-state index in [1.54, 1.807) is 0 Å². The van der Waals surface area contributed by atoms with Gasteiger partial charge < -0.3 is 15.3 Å². The molecule has 3 N–H and O–H groups in total. The summed E-state index contributed by atoms with van der Waals surface area (Å²) in [6.45, 7) is 0. The van der Waals surface area contributed by atoms with Gasteiger partial charge in [0.2, 0.25) is 0 Å². The summed E-state index contributed by atoms with van der Waals surface area (Å²) in [6, 6.07) is 3.74. The van der Waals surface area contributed by atoms with Crippen LogP contribution in [0, 0.1) is 0 Å². The van der Waals surface area contributed by atoms with Crippen LogP contribution in [-0.2, 0) is 4.79 Å². The lowest BCUT2D eigenvalue weighted by Gasteiger charge is -2.07. The number of aliphatic hydroxyl groups excluding tert-OH is 1. The Balaban J connectivity index is 3.12. The molecule has 0 fully saturated rings. The molecule has 0 bridgehead atoms. The smallest absolute Gasteiger partial charge is 0.337 e. The van der Waals surface area contributed by atoms with Crippen LogP contribution in [0.5, 0.6) is 5.75 Å². The maximum Gasteiger partial charge on any atom is 0.337 e. The Bertz CT molecular complexity index is 337. The van der Waals surface area contributed by atoms with E-state index in [0.29, 0.717) is 0 Å². The third kappa shape index (κ3) is 2.11. The predicted molar refractivity (Wildman–Crippen MR) is 45.7 cm³/mol. The number of rotatable bonds is 2. The van der Waals surface area contributed by atoms with Crippen LogP contribution in [0.15, 0.2) is 18.2 Å². The zero-order chi connectivity index (χ0) is 10.0. The fourth-order valence-corrected chi connectivity index (χ4v) is 1.09. The molecule has 0 saturated heterocycles. The lowest BCUT2D eigenvalue weighted by Crippen LogP contribution is -2.10. The lowest BCUT2D eigenvalue weighted by atomic mass is 10.1. The second-order valence-corrected chi connectivity index (χ2v) is 2.85. The first-order valence-electron chi connectivity index (χ1n) is 3.41. The number of carbonyl (C=O) groups is 1. The maximum absolute atomic E-state index is 10.4. The molecule has 1 aromatic rings. The van der Waals surface area contributed by atoms with E-state index in [4.69, 9.17) is 26.9 Å². The summed E-state index contributed by atoms with van der Waals surface area (Å²) in [5.74, 6) is -1.55. The summed E-state index contributed by atoms with van der Waals surface area (Å²) in [5.41, 5.74) is -0.0193. The molecule has 1 aromatic carbocycles. The Hall–Kier alpha value is -1.26. The molecule has 0 aliphatic carbocycles. The number of phenolic OH excluding ortho intramolecular Hbond substituents is 1. The molecular formula is C8H7ClO4. The Morgan fingerprint density at radius 1 is 1.46 bits per heavy atom. The van der Waals surface area contributed by atoms with Crippen molar-refractivity contribution in [2.24, 2.45) is 0 Å². The van der Waals surface area contributed by atoms with Crippen molar-refractivity contribution >= 4 is 17.6 Å². The summed E-state index contributed by atoms with van der Waals surface area (Å²) in [6.07, 6.45) is -1.71. The van der Waals surface area contributed by atoms with Gasteiger partial charge in [-0.15, -0.1) is 0 Å². The summed E-state index contributed by atoms with van der Waals surface area (Å²) in [4.78, 5) is 10.4. The Morgan fingerprint density at radius 2 is 2.08 bits per heavy atom. The average Bonchev–Trinajstić information content (AvgIpc) is 2.08. The molecule has 0 aromatic heterocycles. The van der Waals surface area contributed by atoms with Crippen molar-refractivity contribution in [2.75, 3.05) is 0 Å². The maximum atomic E-state index is 10.4. The SMILES string of the molecule is O=C(O)C(O)c1cc(O)ccc1Cl. The molecule has 0 spiro atoms. The molecule has 0 aliphatic heterocycles. The van der Waals surface area contributed by atoms with E-state index >= 15 is 0 Å². The third-order valence-corrected chi connectivity index (χ3v) is 1.85. The Kier molecular flexibility index (Phi) is 2.75. The molecule has 0 amide bonds. The van der Waals surface area contributed by atoms with E-state index in [1.165, 1.54) is 12.1 Å². The number of phenols is 1. The quantitative estimate of drug-likeness (QED) is 0.673. The van der Waals surface area contributed by atoms with Gasteiger partial charge in [-0.1, -0.05) is 11.6 Å². The number of benzene rings is 1. The van der Waals surface area contributed by atoms with Crippen molar-refractivity contribution < 1.29 is 20.1 Å². The van der Waals surface area contributed by atoms with Crippen LogP contribution < -0.4 is 0 Å². The zero-order valence-electron chi connectivity index (χ0n) is 6.44. The van der Waals surface area contributed by atoms with Gasteiger partial charge in [-0.05, 0) is 18.2 Å². The molecule has 13 heavy (non-hydrogen) atoms. The minimum Gasteiger partial charge on any atom is -0.508 e. The van der Waals surface area contributed by atoms with Gasteiger partial charge in [0.25, 0.3) is 0 Å². The second-order valence-electron chi connectivity index (χ2n) is 2.45. The first-order valence-corrected chi connectivity index (χ1v) is 3.79. The molecule has 70 valence electrons. The first-order chi connectivity index (χ1) is 6.02. The second kappa shape index (κ2) is 3.64. The van der Waals surface area contributed by atoms with Gasteiger partial charge in [0.15, 0.2) is 6.10 Å². The van der Waals surface area contributed by atoms with Gasteiger partial charge in [-0.3, -0.25) is 0 Å². The van der Waals surface area contributed by atoms with Crippen LogP contribution in [0.2, 0.25) is 5.02 Å². The van der Waals surface area contributed by atoms with Gasteiger partial charge in [-0.25, -0.2) is 4.79 Å². The third-order valence-electron chi connectivity index (χ3n) is 1.51. The summed E-state index contributed by atoms with van der Waals surface area (Å²) >= 11 is 5.60. The number of aromatic hydroxyl groups is 1. The van der Waals surface area contributed by atoms with Crippen LogP contribution in [-0.4, -0.2) is 21.3 Å². The number of hydrogen-bond donors (Lipinski definition) is 3. The fraction of sp³-hybridized carbons (Fsp3) is 0.125. The van der Waals surface area contributed by atoms with Crippen molar-refractivity contribution in [1.29, 1.82) is 0 Å². The van der Waals surface area contributed by atoms with E-state index in [9.17, 15) is 4.79 Å². The minimum atomic E-state index is -1.71. The van der Waals surface area contributed by atoms with Gasteiger partial charge in [0.05, 0.1) is 0 Å². The highest BCUT2D eigenvalue weighted by molar-refractivity contribution is 6.31. The molecule has 4 nitrogen and oxygen atoms in total. The molecule has 0 saturated carbocycles. The number of aliphatic hydroxyl groups is 1. The highest BCUT2D eigenvalue weighted by Crippen LogP contribution is 2.26. The van der Waals surface area contributed by atoms with Crippen LogP contribution >= 0.6 is 11.6 Å². The molecule has 5 heteroatoms.